The number of hydrogen-bond acceptors (Lipinski definition) is 3. The van der Waals surface area contributed by atoms with Gasteiger partial charge in [-0.3, -0.25) is 0 Å². The molecule has 3 N–H and O–H groups in total. The second-order valence-electron chi connectivity index (χ2n) is 7.20. The highest BCUT2D eigenvalue weighted by molar-refractivity contribution is 5.83. The van der Waals surface area contributed by atoms with Crippen LogP contribution in [0.25, 0.3) is 0 Å². The molecule has 2 atom stereocenters. The minimum atomic E-state index is -6.66. The van der Waals surface area contributed by atoms with Crippen molar-refractivity contribution >= 4 is 5.97 Å². The number of rotatable bonds is 4. The number of hydrogen-bond donors (Lipinski definition) is 3. The van der Waals surface area contributed by atoms with Crippen LogP contribution in [0.4, 0.5) is 57.1 Å². The number of allylic oxidation sites excluding steroid dienone is 1. The van der Waals surface area contributed by atoms with Crippen molar-refractivity contribution < 1.29 is 77.2 Å². The molecule has 0 bridgehead atoms. The van der Waals surface area contributed by atoms with Crippen LogP contribution in [0.15, 0.2) is 11.9 Å². The van der Waals surface area contributed by atoms with Gasteiger partial charge in [-0.1, -0.05) is 0 Å². The first-order valence-electron chi connectivity index (χ1n) is 8.23. The molecule has 0 amide bonds. The Bertz CT molecular complexity index is 658. The van der Waals surface area contributed by atoms with Crippen LogP contribution in [0, 0.1) is 17.8 Å². The summed E-state index contributed by atoms with van der Waals surface area (Å²) in [6.07, 6.45) is -32.6. The largest absolute Gasteiger partial charge is 0.476 e. The maximum atomic E-state index is 13.3. The maximum absolute atomic E-state index is 13.3. The SMILES string of the molecule is O=C(O)C(F)=CC1CC(C(O)(C(F)(F)F)C(F)(F)F)CC(C(O)(C(F)(F)F)C(F)(F)F)C1. The van der Waals surface area contributed by atoms with Gasteiger partial charge in [0.15, 0.2) is 0 Å². The fraction of sp³-hybridized carbons (Fsp3) is 0.800. The van der Waals surface area contributed by atoms with E-state index in [-0.39, 0.29) is 6.08 Å². The molecule has 17 heteroatoms. The molecule has 4 nitrogen and oxygen atoms in total. The molecule has 1 rings (SSSR count). The van der Waals surface area contributed by atoms with Gasteiger partial charge in [-0.2, -0.15) is 57.1 Å². The average Bonchev–Trinajstić information content (AvgIpc) is 2.55. The number of aliphatic carboxylic acids is 1. The zero-order valence-corrected chi connectivity index (χ0v) is 15.1. The van der Waals surface area contributed by atoms with Gasteiger partial charge >= 0.3 is 30.7 Å². The number of aliphatic hydroxyl groups is 2. The molecule has 1 fully saturated rings. The lowest BCUT2D eigenvalue weighted by Gasteiger charge is -2.48. The topological polar surface area (TPSA) is 77.8 Å². The van der Waals surface area contributed by atoms with Gasteiger partial charge < -0.3 is 15.3 Å². The number of halogens is 13. The van der Waals surface area contributed by atoms with Gasteiger partial charge in [0.25, 0.3) is 11.2 Å². The number of alkyl halides is 12. The summed E-state index contributed by atoms with van der Waals surface area (Å²) in [4.78, 5) is 10.5. The number of carboxylic acid groups (broad SMARTS) is 1. The van der Waals surface area contributed by atoms with Crippen LogP contribution in [0.1, 0.15) is 19.3 Å². The molecule has 1 aliphatic carbocycles. The zero-order chi connectivity index (χ0) is 25.7. The zero-order valence-electron chi connectivity index (χ0n) is 15.1. The van der Waals surface area contributed by atoms with E-state index < -0.39 is 84.7 Å². The van der Waals surface area contributed by atoms with E-state index in [1.165, 1.54) is 0 Å². The summed E-state index contributed by atoms with van der Waals surface area (Å²) in [6, 6.07) is 0. The maximum Gasteiger partial charge on any atom is 0.426 e. The van der Waals surface area contributed by atoms with E-state index in [1.54, 1.807) is 0 Å². The van der Waals surface area contributed by atoms with Crippen molar-refractivity contribution in [1.82, 2.24) is 0 Å². The summed E-state index contributed by atoms with van der Waals surface area (Å²) in [5.41, 5.74) is -11.7. The van der Waals surface area contributed by atoms with Crippen LogP contribution in [0.2, 0.25) is 0 Å². The van der Waals surface area contributed by atoms with E-state index in [9.17, 15) is 72.1 Å². The predicted molar refractivity (Wildman–Crippen MR) is 75.3 cm³/mol. The molecule has 0 aliphatic heterocycles. The van der Waals surface area contributed by atoms with E-state index in [0.29, 0.717) is 0 Å². The Labute approximate surface area is 169 Å². The van der Waals surface area contributed by atoms with E-state index >= 15 is 0 Å². The van der Waals surface area contributed by atoms with Gasteiger partial charge in [-0.25, -0.2) is 4.79 Å². The van der Waals surface area contributed by atoms with Gasteiger partial charge in [-0.05, 0) is 31.3 Å². The number of carbonyl (C=O) groups is 1. The quantitative estimate of drug-likeness (QED) is 0.385. The molecule has 0 radical (unpaired) electrons. The Morgan fingerprint density at radius 1 is 0.656 bits per heavy atom. The van der Waals surface area contributed by atoms with Crippen LogP contribution in [0.3, 0.4) is 0 Å². The lowest BCUT2D eigenvalue weighted by atomic mass is 9.63. The molecule has 0 saturated heterocycles. The molecule has 1 aliphatic rings. The van der Waals surface area contributed by atoms with Crippen LogP contribution in [-0.4, -0.2) is 57.2 Å². The molecule has 0 aromatic carbocycles. The van der Waals surface area contributed by atoms with Crippen molar-refractivity contribution in [2.24, 2.45) is 17.8 Å². The Hall–Kier alpha value is -1.78. The smallest absolute Gasteiger partial charge is 0.426 e. The predicted octanol–water partition coefficient (Wildman–Crippen LogP) is 4.67. The van der Waals surface area contributed by atoms with Crippen LogP contribution < -0.4 is 0 Å². The van der Waals surface area contributed by atoms with Crippen molar-refractivity contribution in [3.8, 4) is 0 Å². The van der Waals surface area contributed by atoms with Crippen LogP contribution >= 0.6 is 0 Å². The monoisotopic (exact) mass is 504 g/mol. The van der Waals surface area contributed by atoms with Crippen molar-refractivity contribution in [3.63, 3.8) is 0 Å². The van der Waals surface area contributed by atoms with E-state index in [4.69, 9.17) is 5.11 Å². The summed E-state index contributed by atoms with van der Waals surface area (Å²) in [5.74, 6) is -14.1. The fourth-order valence-corrected chi connectivity index (χ4v) is 3.71. The van der Waals surface area contributed by atoms with Gasteiger partial charge in [0.2, 0.25) is 5.83 Å². The van der Waals surface area contributed by atoms with Gasteiger partial charge in [0.05, 0.1) is 0 Å². The lowest BCUT2D eigenvalue weighted by molar-refractivity contribution is -0.404. The molecule has 0 heterocycles. The Balaban J connectivity index is 3.75. The highest BCUT2D eigenvalue weighted by atomic mass is 19.4. The summed E-state index contributed by atoms with van der Waals surface area (Å²) < 4.78 is 171. The van der Waals surface area contributed by atoms with Crippen molar-refractivity contribution in [1.29, 1.82) is 0 Å². The second kappa shape index (κ2) is 8.22. The molecular weight excluding hydrogens is 491 g/mol. The van der Waals surface area contributed by atoms with Gasteiger partial charge in [0, 0.05) is 11.8 Å². The molecule has 188 valence electrons. The molecule has 2 unspecified atom stereocenters. The molecular formula is C15H13F13O4. The molecule has 1 saturated carbocycles. The molecule has 0 spiro atoms. The Morgan fingerprint density at radius 3 is 1.16 bits per heavy atom. The summed E-state index contributed by atoms with van der Waals surface area (Å²) in [7, 11) is 0. The normalized spacial score (nSPS) is 25.1. The van der Waals surface area contributed by atoms with Crippen molar-refractivity contribution in [2.45, 2.75) is 55.2 Å². The summed E-state index contributed by atoms with van der Waals surface area (Å²) >= 11 is 0. The molecule has 32 heavy (non-hydrogen) atoms. The first-order valence-corrected chi connectivity index (χ1v) is 8.23. The Kier molecular flexibility index (Phi) is 7.25. The third-order valence-electron chi connectivity index (χ3n) is 5.24. The molecule has 0 aromatic rings. The highest BCUT2D eigenvalue weighted by Gasteiger charge is 2.78. The summed E-state index contributed by atoms with van der Waals surface area (Å²) in [6.45, 7) is 0. The highest BCUT2D eigenvalue weighted by Crippen LogP contribution is 2.58. The van der Waals surface area contributed by atoms with Gasteiger partial charge in [0.1, 0.15) is 0 Å². The Morgan fingerprint density at radius 2 is 0.938 bits per heavy atom. The first-order chi connectivity index (χ1) is 13.9. The lowest BCUT2D eigenvalue weighted by Crippen LogP contribution is -2.66. The minimum Gasteiger partial charge on any atom is -0.476 e. The van der Waals surface area contributed by atoms with E-state index in [1.807, 2.05) is 0 Å². The third-order valence-corrected chi connectivity index (χ3v) is 5.24. The second-order valence-corrected chi connectivity index (χ2v) is 7.20. The average molecular weight is 504 g/mol. The van der Waals surface area contributed by atoms with E-state index in [2.05, 4.69) is 0 Å². The first kappa shape index (κ1) is 28.3. The third kappa shape index (κ3) is 4.77. The minimum absolute atomic E-state index is 0.276. The summed E-state index contributed by atoms with van der Waals surface area (Å²) in [5, 5.41) is 27.3. The van der Waals surface area contributed by atoms with E-state index in [0.717, 1.165) is 0 Å². The number of carboxylic acids is 1. The fourth-order valence-electron chi connectivity index (χ4n) is 3.71. The van der Waals surface area contributed by atoms with Crippen molar-refractivity contribution in [2.75, 3.05) is 0 Å². The van der Waals surface area contributed by atoms with Crippen molar-refractivity contribution in [3.05, 3.63) is 11.9 Å². The molecule has 0 aromatic heterocycles. The van der Waals surface area contributed by atoms with Gasteiger partial charge in [-0.15, -0.1) is 0 Å². The van der Waals surface area contributed by atoms with Crippen LogP contribution in [-0.2, 0) is 4.79 Å². The standard InChI is InChI=1S/C15H13F13O4/c16-8(9(29)30)3-5-1-6(10(31,12(17,18)19)13(20,21)22)4-7(2-5)11(32,14(23,24)25)15(26,27)28/h3,5-7,31-32H,1-2,4H2,(H,29,30). The van der Waals surface area contributed by atoms with Crippen LogP contribution in [0.5, 0.6) is 0 Å².